The van der Waals surface area contributed by atoms with E-state index in [1.54, 1.807) is 7.11 Å². The van der Waals surface area contributed by atoms with E-state index in [4.69, 9.17) is 4.74 Å². The summed E-state index contributed by atoms with van der Waals surface area (Å²) in [4.78, 5) is 13.6. The van der Waals surface area contributed by atoms with Crippen LogP contribution in [0.25, 0.3) is 0 Å². The van der Waals surface area contributed by atoms with Crippen LogP contribution in [-0.4, -0.2) is 57.4 Å². The van der Waals surface area contributed by atoms with Gasteiger partial charge in [0, 0.05) is 45.2 Å². The molecule has 2 saturated heterocycles. The van der Waals surface area contributed by atoms with E-state index in [1.807, 2.05) is 4.90 Å². The van der Waals surface area contributed by atoms with E-state index in [9.17, 15) is 4.79 Å². The zero-order valence-electron chi connectivity index (χ0n) is 9.21. The highest BCUT2D eigenvalue weighted by molar-refractivity contribution is 5.74. The Morgan fingerprint density at radius 2 is 2.40 bits per heavy atom. The molecule has 0 atom stereocenters. The fourth-order valence-corrected chi connectivity index (χ4v) is 2.25. The van der Waals surface area contributed by atoms with Crippen molar-refractivity contribution in [1.82, 2.24) is 15.5 Å². The van der Waals surface area contributed by atoms with Crippen LogP contribution in [0.1, 0.15) is 6.42 Å². The SMILES string of the molecule is COCCNC(=O)N1CCC2(CNC2)C1. The molecular weight excluding hydrogens is 194 g/mol. The number of hydrogen-bond acceptors (Lipinski definition) is 3. The van der Waals surface area contributed by atoms with Crippen molar-refractivity contribution in [3.63, 3.8) is 0 Å². The zero-order chi connectivity index (χ0) is 10.7. The number of hydrogen-bond donors (Lipinski definition) is 2. The van der Waals surface area contributed by atoms with E-state index < -0.39 is 0 Å². The second-order valence-electron chi connectivity index (χ2n) is 4.50. The van der Waals surface area contributed by atoms with Gasteiger partial charge in [0.15, 0.2) is 0 Å². The number of nitrogens with zero attached hydrogens (tertiary/aromatic N) is 1. The van der Waals surface area contributed by atoms with Gasteiger partial charge in [-0.25, -0.2) is 4.79 Å². The van der Waals surface area contributed by atoms with Crippen LogP contribution in [0.2, 0.25) is 0 Å². The molecule has 2 fully saturated rings. The molecule has 1 spiro atoms. The number of urea groups is 1. The van der Waals surface area contributed by atoms with Crippen LogP contribution < -0.4 is 10.6 Å². The number of ether oxygens (including phenoxy) is 1. The summed E-state index contributed by atoms with van der Waals surface area (Å²) >= 11 is 0. The molecule has 0 aromatic heterocycles. The molecule has 15 heavy (non-hydrogen) atoms. The Kier molecular flexibility index (Phi) is 3.11. The summed E-state index contributed by atoms with van der Waals surface area (Å²) in [5, 5.41) is 6.13. The van der Waals surface area contributed by atoms with Crippen molar-refractivity contribution in [2.24, 2.45) is 5.41 Å². The van der Waals surface area contributed by atoms with Crippen molar-refractivity contribution in [3.05, 3.63) is 0 Å². The molecule has 5 heteroatoms. The molecular formula is C10H19N3O2. The lowest BCUT2D eigenvalue weighted by Crippen LogP contribution is -2.55. The Morgan fingerprint density at radius 3 is 2.93 bits per heavy atom. The van der Waals surface area contributed by atoms with Crippen LogP contribution in [0.4, 0.5) is 4.79 Å². The van der Waals surface area contributed by atoms with E-state index in [0.29, 0.717) is 18.6 Å². The van der Waals surface area contributed by atoms with Crippen LogP contribution in [0.15, 0.2) is 0 Å². The number of nitrogens with one attached hydrogen (secondary N) is 2. The molecule has 0 unspecified atom stereocenters. The molecule has 2 amide bonds. The minimum atomic E-state index is 0.0517. The molecule has 5 nitrogen and oxygen atoms in total. The van der Waals surface area contributed by atoms with Crippen molar-refractivity contribution in [1.29, 1.82) is 0 Å². The van der Waals surface area contributed by atoms with Gasteiger partial charge >= 0.3 is 6.03 Å². The standard InChI is InChI=1S/C10H19N3O2/c1-15-5-3-12-9(14)13-4-2-10(8-13)6-11-7-10/h11H,2-8H2,1H3,(H,12,14). The van der Waals surface area contributed by atoms with Crippen molar-refractivity contribution < 1.29 is 9.53 Å². The normalized spacial score (nSPS) is 22.9. The van der Waals surface area contributed by atoms with Gasteiger partial charge in [0.2, 0.25) is 0 Å². The van der Waals surface area contributed by atoms with Gasteiger partial charge in [0.05, 0.1) is 6.61 Å². The summed E-state index contributed by atoms with van der Waals surface area (Å²) in [6.07, 6.45) is 1.14. The Morgan fingerprint density at radius 1 is 1.60 bits per heavy atom. The van der Waals surface area contributed by atoms with E-state index in [-0.39, 0.29) is 6.03 Å². The summed E-state index contributed by atoms with van der Waals surface area (Å²) in [5.74, 6) is 0. The highest BCUT2D eigenvalue weighted by Gasteiger charge is 2.44. The summed E-state index contributed by atoms with van der Waals surface area (Å²) in [6.45, 7) is 5.09. The molecule has 86 valence electrons. The Balaban J connectivity index is 1.72. The highest BCUT2D eigenvalue weighted by Crippen LogP contribution is 2.33. The van der Waals surface area contributed by atoms with Crippen molar-refractivity contribution in [3.8, 4) is 0 Å². The van der Waals surface area contributed by atoms with Gasteiger partial charge in [-0.15, -0.1) is 0 Å². The van der Waals surface area contributed by atoms with Gasteiger partial charge in [-0.1, -0.05) is 0 Å². The number of carbonyl (C=O) groups is 1. The third kappa shape index (κ3) is 2.23. The minimum Gasteiger partial charge on any atom is -0.383 e. The molecule has 0 radical (unpaired) electrons. The predicted molar refractivity (Wildman–Crippen MR) is 56.8 cm³/mol. The Bertz CT molecular complexity index is 241. The molecule has 2 rings (SSSR count). The van der Waals surface area contributed by atoms with E-state index in [0.717, 1.165) is 32.6 Å². The maximum absolute atomic E-state index is 11.7. The Labute approximate surface area is 90.1 Å². The van der Waals surface area contributed by atoms with Gasteiger partial charge < -0.3 is 20.3 Å². The average molecular weight is 213 g/mol. The molecule has 0 aliphatic carbocycles. The molecule has 0 saturated carbocycles. The topological polar surface area (TPSA) is 53.6 Å². The highest BCUT2D eigenvalue weighted by atomic mass is 16.5. The Hall–Kier alpha value is -0.810. The number of carbonyl (C=O) groups excluding carboxylic acids is 1. The maximum Gasteiger partial charge on any atom is 0.317 e. The second kappa shape index (κ2) is 4.37. The van der Waals surface area contributed by atoms with Crippen molar-refractivity contribution >= 4 is 6.03 Å². The fraction of sp³-hybridized carbons (Fsp3) is 0.900. The number of likely N-dealkylation sites (tertiary alicyclic amines) is 1. The summed E-state index contributed by atoms with van der Waals surface area (Å²) in [6, 6.07) is 0.0517. The third-order valence-electron chi connectivity index (χ3n) is 3.31. The first-order valence-corrected chi connectivity index (χ1v) is 5.48. The fourth-order valence-electron chi connectivity index (χ4n) is 2.25. The van der Waals surface area contributed by atoms with Gasteiger partial charge in [-0.3, -0.25) is 0 Å². The monoisotopic (exact) mass is 213 g/mol. The van der Waals surface area contributed by atoms with Gasteiger partial charge in [-0.05, 0) is 6.42 Å². The van der Waals surface area contributed by atoms with Crippen LogP contribution in [0.3, 0.4) is 0 Å². The first-order valence-electron chi connectivity index (χ1n) is 5.48. The predicted octanol–water partition coefficient (Wildman–Crippen LogP) is -0.362. The van der Waals surface area contributed by atoms with Crippen LogP contribution in [-0.2, 0) is 4.74 Å². The smallest absolute Gasteiger partial charge is 0.317 e. The molecule has 2 heterocycles. The largest absolute Gasteiger partial charge is 0.383 e. The second-order valence-corrected chi connectivity index (χ2v) is 4.50. The quantitative estimate of drug-likeness (QED) is 0.629. The third-order valence-corrected chi connectivity index (χ3v) is 3.31. The van der Waals surface area contributed by atoms with Crippen LogP contribution in [0, 0.1) is 5.41 Å². The molecule has 0 aromatic rings. The van der Waals surface area contributed by atoms with Crippen LogP contribution >= 0.6 is 0 Å². The summed E-state index contributed by atoms with van der Waals surface area (Å²) < 4.78 is 4.88. The minimum absolute atomic E-state index is 0.0517. The lowest BCUT2D eigenvalue weighted by molar-refractivity contribution is 0.161. The van der Waals surface area contributed by atoms with E-state index >= 15 is 0 Å². The van der Waals surface area contributed by atoms with E-state index in [2.05, 4.69) is 10.6 Å². The van der Waals surface area contributed by atoms with Crippen molar-refractivity contribution in [2.75, 3.05) is 46.4 Å². The molecule has 2 aliphatic heterocycles. The van der Waals surface area contributed by atoms with Gasteiger partial charge in [0.1, 0.15) is 0 Å². The number of methoxy groups -OCH3 is 1. The van der Waals surface area contributed by atoms with Gasteiger partial charge in [-0.2, -0.15) is 0 Å². The van der Waals surface area contributed by atoms with Crippen LogP contribution in [0.5, 0.6) is 0 Å². The summed E-state index contributed by atoms with van der Waals surface area (Å²) in [7, 11) is 1.64. The number of rotatable bonds is 3. The lowest BCUT2D eigenvalue weighted by Gasteiger charge is -2.38. The van der Waals surface area contributed by atoms with Crippen molar-refractivity contribution in [2.45, 2.75) is 6.42 Å². The first-order chi connectivity index (χ1) is 7.26. The molecule has 2 aliphatic rings. The molecule has 0 aromatic carbocycles. The van der Waals surface area contributed by atoms with Gasteiger partial charge in [0.25, 0.3) is 0 Å². The lowest BCUT2D eigenvalue weighted by atomic mass is 9.81. The first kappa shape index (κ1) is 10.7. The summed E-state index contributed by atoms with van der Waals surface area (Å²) in [5.41, 5.74) is 0.387. The maximum atomic E-state index is 11.7. The molecule has 0 bridgehead atoms. The average Bonchev–Trinajstić information content (AvgIpc) is 2.62. The van der Waals surface area contributed by atoms with E-state index in [1.165, 1.54) is 0 Å². The zero-order valence-corrected chi connectivity index (χ0v) is 9.21. The molecule has 2 N–H and O–H groups in total. The number of amides is 2.